The first-order valence-electron chi connectivity index (χ1n) is 12.0. The Morgan fingerprint density at radius 1 is 1.03 bits per heavy atom. The highest BCUT2D eigenvalue weighted by atomic mass is 32.2. The summed E-state index contributed by atoms with van der Waals surface area (Å²) in [5, 5.41) is 0. The zero-order valence-electron chi connectivity index (χ0n) is 20.1. The Morgan fingerprint density at radius 2 is 1.76 bits per heavy atom. The van der Waals surface area contributed by atoms with Crippen LogP contribution in [-0.2, 0) is 21.3 Å². The van der Waals surface area contributed by atoms with E-state index in [9.17, 15) is 26.8 Å². The Kier molecular flexibility index (Phi) is 8.55. The van der Waals surface area contributed by atoms with Crippen molar-refractivity contribution in [3.8, 4) is 5.75 Å². The highest BCUT2D eigenvalue weighted by Gasteiger charge is 2.25. The van der Waals surface area contributed by atoms with E-state index >= 15 is 0 Å². The summed E-state index contributed by atoms with van der Waals surface area (Å²) >= 11 is 0. The molecule has 1 fully saturated rings. The lowest BCUT2D eigenvalue weighted by Gasteiger charge is -2.20. The van der Waals surface area contributed by atoms with Gasteiger partial charge in [-0.05, 0) is 60.6 Å². The summed E-state index contributed by atoms with van der Waals surface area (Å²) in [5.74, 6) is -1.60. The lowest BCUT2D eigenvalue weighted by atomic mass is 9.93. The molecule has 1 aliphatic carbocycles. The summed E-state index contributed by atoms with van der Waals surface area (Å²) < 4.78 is 66.1. The molecule has 0 saturated heterocycles. The first kappa shape index (κ1) is 26.7. The molecule has 0 spiro atoms. The minimum atomic E-state index is -3.61. The van der Waals surface area contributed by atoms with Gasteiger partial charge in [0, 0.05) is 24.8 Å². The molecule has 11 heteroatoms. The Labute approximate surface area is 212 Å². The van der Waals surface area contributed by atoms with E-state index in [1.165, 1.54) is 54.7 Å². The van der Waals surface area contributed by atoms with Gasteiger partial charge in [-0.15, -0.1) is 0 Å². The van der Waals surface area contributed by atoms with Gasteiger partial charge in [0.25, 0.3) is 5.56 Å². The number of nitrogens with zero attached hydrogens (tertiary/aromatic N) is 1. The largest absolute Gasteiger partial charge is 0.490 e. The van der Waals surface area contributed by atoms with Crippen molar-refractivity contribution in [2.75, 3.05) is 24.7 Å². The lowest BCUT2D eigenvalue weighted by molar-refractivity contribution is 0.0745. The van der Waals surface area contributed by atoms with Crippen molar-refractivity contribution < 1.29 is 26.7 Å². The summed E-state index contributed by atoms with van der Waals surface area (Å²) in [7, 11) is -3.61. The van der Waals surface area contributed by atoms with Crippen molar-refractivity contribution in [1.82, 2.24) is 9.55 Å². The molecule has 2 aromatic carbocycles. The van der Waals surface area contributed by atoms with Crippen LogP contribution in [0.15, 0.2) is 64.3 Å². The van der Waals surface area contributed by atoms with E-state index in [0.717, 1.165) is 17.4 Å². The standard InChI is InChI=1S/C26H28F2N2O6S/c27-21-7-4-19(5-8-21)22(20-6-9-23(28)24(14-20)36-15-18-2-3-18)16-37(33,34)13-1-12-35-17-30-11-10-25(31)29-26(30)32/h4-11,14,18,22H,1-3,12-13,15-17H2,(H,29,31,32). The average molecular weight is 535 g/mol. The normalized spacial score (nSPS) is 14.4. The predicted octanol–water partition coefficient (Wildman–Crippen LogP) is 3.21. The van der Waals surface area contributed by atoms with Crippen LogP contribution in [0.2, 0.25) is 0 Å². The topological polar surface area (TPSA) is 107 Å². The van der Waals surface area contributed by atoms with E-state index in [1.54, 1.807) is 0 Å². The maximum atomic E-state index is 14.4. The van der Waals surface area contributed by atoms with E-state index in [4.69, 9.17) is 9.47 Å². The first-order chi connectivity index (χ1) is 17.7. The molecule has 1 unspecified atom stereocenters. The Bertz CT molecular complexity index is 1430. The molecule has 0 aliphatic heterocycles. The number of hydrogen-bond donors (Lipinski definition) is 1. The van der Waals surface area contributed by atoms with Gasteiger partial charge in [0.2, 0.25) is 0 Å². The number of hydrogen-bond acceptors (Lipinski definition) is 6. The minimum Gasteiger partial charge on any atom is -0.490 e. The second-order valence-electron chi connectivity index (χ2n) is 9.13. The van der Waals surface area contributed by atoms with E-state index in [-0.39, 0.29) is 37.0 Å². The van der Waals surface area contributed by atoms with Crippen LogP contribution in [0.3, 0.4) is 0 Å². The highest BCUT2D eigenvalue weighted by Crippen LogP contribution is 2.33. The van der Waals surface area contributed by atoms with E-state index in [1.807, 2.05) is 0 Å². The van der Waals surface area contributed by atoms with E-state index < -0.39 is 38.6 Å². The number of rotatable bonds is 13. The minimum absolute atomic E-state index is 0.0693. The molecule has 1 aliphatic rings. The molecular weight excluding hydrogens is 506 g/mol. The highest BCUT2D eigenvalue weighted by molar-refractivity contribution is 7.91. The summed E-state index contributed by atoms with van der Waals surface area (Å²) in [5.41, 5.74) is -0.0117. The lowest BCUT2D eigenvalue weighted by Crippen LogP contribution is -2.29. The van der Waals surface area contributed by atoms with Crippen LogP contribution in [0.1, 0.15) is 36.3 Å². The molecule has 1 atom stereocenters. The molecule has 0 amide bonds. The Balaban J connectivity index is 1.42. The number of aromatic nitrogens is 2. The van der Waals surface area contributed by atoms with E-state index in [2.05, 4.69) is 4.98 Å². The van der Waals surface area contributed by atoms with Crippen molar-refractivity contribution in [2.45, 2.75) is 31.9 Å². The van der Waals surface area contributed by atoms with Crippen LogP contribution in [0.25, 0.3) is 0 Å². The maximum absolute atomic E-state index is 14.4. The summed E-state index contributed by atoms with van der Waals surface area (Å²) in [6, 6.07) is 11.0. The molecule has 4 rings (SSSR count). The fraction of sp³-hybridized carbons (Fsp3) is 0.385. The quantitative estimate of drug-likeness (QED) is 0.338. The van der Waals surface area contributed by atoms with Gasteiger partial charge in [-0.3, -0.25) is 14.3 Å². The molecule has 0 radical (unpaired) electrons. The van der Waals surface area contributed by atoms with Crippen LogP contribution in [0.4, 0.5) is 8.78 Å². The maximum Gasteiger partial charge on any atom is 0.330 e. The van der Waals surface area contributed by atoms with Crippen LogP contribution in [0.5, 0.6) is 5.75 Å². The molecule has 8 nitrogen and oxygen atoms in total. The number of benzene rings is 2. The zero-order chi connectivity index (χ0) is 26.4. The number of sulfone groups is 1. The third-order valence-corrected chi connectivity index (χ3v) is 7.85. The number of halogens is 2. The van der Waals surface area contributed by atoms with Crippen molar-refractivity contribution >= 4 is 9.84 Å². The number of nitrogens with one attached hydrogen (secondary N) is 1. The Morgan fingerprint density at radius 3 is 2.46 bits per heavy atom. The van der Waals surface area contributed by atoms with Gasteiger partial charge in [-0.25, -0.2) is 22.0 Å². The summed E-state index contributed by atoms with van der Waals surface area (Å²) in [4.78, 5) is 24.9. The van der Waals surface area contributed by atoms with Crippen LogP contribution < -0.4 is 16.0 Å². The molecule has 37 heavy (non-hydrogen) atoms. The van der Waals surface area contributed by atoms with Gasteiger partial charge in [0.1, 0.15) is 12.5 Å². The van der Waals surface area contributed by atoms with Crippen molar-refractivity contribution in [3.05, 3.63) is 98.3 Å². The van der Waals surface area contributed by atoms with E-state index in [0.29, 0.717) is 23.7 Å². The predicted molar refractivity (Wildman–Crippen MR) is 133 cm³/mol. The van der Waals surface area contributed by atoms with Gasteiger partial charge in [0.15, 0.2) is 21.4 Å². The van der Waals surface area contributed by atoms with Gasteiger partial charge in [-0.2, -0.15) is 0 Å². The molecule has 0 bridgehead atoms. The molecule has 1 N–H and O–H groups in total. The third-order valence-electron chi connectivity index (χ3n) is 6.09. The SMILES string of the molecule is O=c1ccn(COCCCS(=O)(=O)CC(c2ccc(F)cc2)c2ccc(F)c(OCC3CC3)c2)c(=O)[nH]1. The molecular formula is C26H28F2N2O6S. The van der Waals surface area contributed by atoms with Crippen LogP contribution >= 0.6 is 0 Å². The molecule has 1 heterocycles. The Hall–Kier alpha value is -3.31. The second-order valence-corrected chi connectivity index (χ2v) is 11.4. The smallest absolute Gasteiger partial charge is 0.330 e. The van der Waals surface area contributed by atoms with Crippen molar-refractivity contribution in [3.63, 3.8) is 0 Å². The summed E-state index contributed by atoms with van der Waals surface area (Å²) in [6.45, 7) is 0.347. The summed E-state index contributed by atoms with van der Waals surface area (Å²) in [6.07, 6.45) is 3.55. The molecule has 3 aromatic rings. The van der Waals surface area contributed by atoms with Crippen LogP contribution in [-0.4, -0.2) is 42.7 Å². The number of ether oxygens (including phenoxy) is 2. The monoisotopic (exact) mass is 534 g/mol. The molecule has 1 saturated carbocycles. The van der Waals surface area contributed by atoms with Crippen LogP contribution in [0, 0.1) is 17.6 Å². The number of H-pyrrole nitrogens is 1. The van der Waals surface area contributed by atoms with Crippen molar-refractivity contribution in [1.29, 1.82) is 0 Å². The fourth-order valence-corrected chi connectivity index (χ4v) is 5.46. The second kappa shape index (κ2) is 11.8. The van der Waals surface area contributed by atoms with Gasteiger partial charge >= 0.3 is 5.69 Å². The third kappa shape index (κ3) is 7.83. The molecule has 1 aromatic heterocycles. The zero-order valence-corrected chi connectivity index (χ0v) is 20.9. The van der Waals surface area contributed by atoms with Gasteiger partial charge < -0.3 is 9.47 Å². The van der Waals surface area contributed by atoms with Gasteiger partial charge in [-0.1, -0.05) is 18.2 Å². The van der Waals surface area contributed by atoms with Gasteiger partial charge in [0.05, 0.1) is 18.1 Å². The fourth-order valence-electron chi connectivity index (χ4n) is 3.85. The first-order valence-corrected chi connectivity index (χ1v) is 13.8. The average Bonchev–Trinajstić information content (AvgIpc) is 3.68. The molecule has 198 valence electrons. The number of aromatic amines is 1. The van der Waals surface area contributed by atoms with Crippen molar-refractivity contribution in [2.24, 2.45) is 5.92 Å².